The largest absolute Gasteiger partial charge is 0.379 e. The van der Waals surface area contributed by atoms with Crippen molar-refractivity contribution in [1.82, 2.24) is 9.55 Å². The molecule has 0 spiro atoms. The highest BCUT2D eigenvalue weighted by molar-refractivity contribution is 6.31. The molecule has 1 fully saturated rings. The molecule has 2 heterocycles. The highest BCUT2D eigenvalue weighted by Crippen LogP contribution is 2.31. The molecular weight excluding hydrogens is 262 g/mol. The number of fused-ring (bicyclic) bond motifs is 1. The normalized spacial score (nSPS) is 23.6. The van der Waals surface area contributed by atoms with E-state index in [2.05, 4.69) is 18.4 Å². The number of benzene rings is 1. The number of aromatic nitrogens is 2. The van der Waals surface area contributed by atoms with Crippen LogP contribution in [-0.2, 0) is 4.74 Å². The van der Waals surface area contributed by atoms with E-state index in [9.17, 15) is 0 Å². The van der Waals surface area contributed by atoms with Crippen LogP contribution in [0.2, 0.25) is 5.02 Å². The van der Waals surface area contributed by atoms with Gasteiger partial charge in [0.2, 0.25) is 0 Å². The molecule has 0 radical (unpaired) electrons. The zero-order valence-corrected chi connectivity index (χ0v) is 11.9. The van der Waals surface area contributed by atoms with Gasteiger partial charge in [-0.3, -0.25) is 0 Å². The SMILES string of the molecule is CC(C)n1c(C2COCC2N)nc2cc(Cl)ccc21. The zero-order chi connectivity index (χ0) is 13.6. The average molecular weight is 280 g/mol. The van der Waals surface area contributed by atoms with Crippen molar-refractivity contribution < 1.29 is 4.74 Å². The van der Waals surface area contributed by atoms with Gasteiger partial charge in [-0.25, -0.2) is 4.98 Å². The Kier molecular flexibility index (Phi) is 3.25. The number of rotatable bonds is 2. The highest BCUT2D eigenvalue weighted by Gasteiger charge is 2.31. The van der Waals surface area contributed by atoms with Crippen LogP contribution in [0.25, 0.3) is 11.0 Å². The van der Waals surface area contributed by atoms with Crippen molar-refractivity contribution in [2.24, 2.45) is 5.73 Å². The maximum absolute atomic E-state index is 6.13. The predicted octanol–water partition coefficient (Wildman–Crippen LogP) is 2.71. The van der Waals surface area contributed by atoms with Crippen molar-refractivity contribution in [3.63, 3.8) is 0 Å². The van der Waals surface area contributed by atoms with Gasteiger partial charge < -0.3 is 15.0 Å². The highest BCUT2D eigenvalue weighted by atomic mass is 35.5. The fraction of sp³-hybridized carbons (Fsp3) is 0.500. The van der Waals surface area contributed by atoms with Gasteiger partial charge in [-0.1, -0.05) is 11.6 Å². The molecule has 1 aliphatic heterocycles. The van der Waals surface area contributed by atoms with Crippen LogP contribution in [0.5, 0.6) is 0 Å². The number of hydrogen-bond acceptors (Lipinski definition) is 3. The first-order valence-corrected chi connectivity index (χ1v) is 6.96. The topological polar surface area (TPSA) is 53.1 Å². The molecule has 0 amide bonds. The molecule has 0 saturated carbocycles. The second-order valence-corrected chi connectivity index (χ2v) is 5.81. The van der Waals surface area contributed by atoms with Crippen LogP contribution in [-0.4, -0.2) is 28.8 Å². The lowest BCUT2D eigenvalue weighted by atomic mass is 10.0. The summed E-state index contributed by atoms with van der Waals surface area (Å²) >= 11 is 6.05. The number of nitrogens with two attached hydrogens (primary N) is 1. The summed E-state index contributed by atoms with van der Waals surface area (Å²) in [4.78, 5) is 4.75. The summed E-state index contributed by atoms with van der Waals surface area (Å²) in [6.07, 6.45) is 0. The van der Waals surface area contributed by atoms with Crippen molar-refractivity contribution in [3.05, 3.63) is 29.0 Å². The van der Waals surface area contributed by atoms with E-state index in [-0.39, 0.29) is 12.0 Å². The molecule has 1 aromatic heterocycles. The Hall–Kier alpha value is -1.10. The summed E-state index contributed by atoms with van der Waals surface area (Å²) in [5.74, 6) is 1.17. The fourth-order valence-electron chi connectivity index (χ4n) is 2.73. The van der Waals surface area contributed by atoms with E-state index in [4.69, 9.17) is 27.1 Å². The molecular formula is C14H18ClN3O. The van der Waals surface area contributed by atoms with E-state index >= 15 is 0 Å². The third-order valence-corrected chi connectivity index (χ3v) is 3.89. The van der Waals surface area contributed by atoms with Crippen molar-refractivity contribution in [1.29, 1.82) is 0 Å². The minimum atomic E-state index is 0.0183. The molecule has 0 aliphatic carbocycles. The Bertz CT molecular complexity index is 608. The van der Waals surface area contributed by atoms with E-state index in [0.29, 0.717) is 24.3 Å². The van der Waals surface area contributed by atoms with Crippen molar-refractivity contribution in [2.45, 2.75) is 31.8 Å². The lowest BCUT2D eigenvalue weighted by molar-refractivity contribution is 0.190. The van der Waals surface area contributed by atoms with Crippen LogP contribution in [0.15, 0.2) is 18.2 Å². The third-order valence-electron chi connectivity index (χ3n) is 3.65. The zero-order valence-electron chi connectivity index (χ0n) is 11.1. The Morgan fingerprint density at radius 2 is 2.21 bits per heavy atom. The molecule has 5 heteroatoms. The Labute approximate surface area is 117 Å². The standard InChI is InChI=1S/C14H18ClN3O/c1-8(2)18-13-4-3-9(15)5-12(13)17-14(18)10-6-19-7-11(10)16/h3-5,8,10-11H,6-7,16H2,1-2H3. The number of nitrogens with zero attached hydrogens (tertiary/aromatic N) is 2. The molecule has 0 bridgehead atoms. The van der Waals surface area contributed by atoms with Gasteiger partial charge in [-0.15, -0.1) is 0 Å². The van der Waals surface area contributed by atoms with Crippen LogP contribution in [0.4, 0.5) is 0 Å². The number of imidazole rings is 1. The molecule has 19 heavy (non-hydrogen) atoms. The molecule has 102 valence electrons. The maximum atomic E-state index is 6.13. The first-order chi connectivity index (χ1) is 9.08. The molecule has 2 aromatic rings. The molecule has 3 rings (SSSR count). The van der Waals surface area contributed by atoms with E-state index in [0.717, 1.165) is 16.9 Å². The third kappa shape index (κ3) is 2.14. The van der Waals surface area contributed by atoms with Crippen LogP contribution < -0.4 is 5.73 Å². The smallest absolute Gasteiger partial charge is 0.117 e. The van der Waals surface area contributed by atoms with Gasteiger partial charge >= 0.3 is 0 Å². The quantitative estimate of drug-likeness (QED) is 0.920. The molecule has 1 saturated heterocycles. The molecule has 2 atom stereocenters. The Balaban J connectivity index is 2.19. The summed E-state index contributed by atoms with van der Waals surface area (Å²) in [6, 6.07) is 6.17. The van der Waals surface area contributed by atoms with Crippen LogP contribution in [0, 0.1) is 0 Å². The summed E-state index contributed by atoms with van der Waals surface area (Å²) in [6.45, 7) is 5.55. The first kappa shape index (κ1) is 12.9. The van der Waals surface area contributed by atoms with E-state index in [1.165, 1.54) is 0 Å². The fourth-order valence-corrected chi connectivity index (χ4v) is 2.90. The van der Waals surface area contributed by atoms with Crippen LogP contribution in [0.3, 0.4) is 0 Å². The van der Waals surface area contributed by atoms with Gasteiger partial charge in [-0.05, 0) is 32.0 Å². The Morgan fingerprint density at radius 3 is 2.84 bits per heavy atom. The lowest BCUT2D eigenvalue weighted by Gasteiger charge is -2.18. The van der Waals surface area contributed by atoms with Crippen molar-refractivity contribution in [2.75, 3.05) is 13.2 Å². The van der Waals surface area contributed by atoms with Gasteiger partial charge in [0.1, 0.15) is 5.82 Å². The average Bonchev–Trinajstić information content (AvgIpc) is 2.91. The van der Waals surface area contributed by atoms with E-state index < -0.39 is 0 Å². The van der Waals surface area contributed by atoms with Gasteiger partial charge in [-0.2, -0.15) is 0 Å². The lowest BCUT2D eigenvalue weighted by Crippen LogP contribution is -2.29. The summed E-state index contributed by atoms with van der Waals surface area (Å²) in [5, 5.41) is 0.708. The van der Waals surface area contributed by atoms with Gasteiger partial charge in [0.25, 0.3) is 0 Å². The second-order valence-electron chi connectivity index (χ2n) is 5.37. The minimum absolute atomic E-state index is 0.0183. The Morgan fingerprint density at radius 1 is 1.42 bits per heavy atom. The molecule has 2 unspecified atom stereocenters. The van der Waals surface area contributed by atoms with E-state index in [1.54, 1.807) is 0 Å². The van der Waals surface area contributed by atoms with Gasteiger partial charge in [0.15, 0.2) is 0 Å². The van der Waals surface area contributed by atoms with Crippen LogP contribution >= 0.6 is 11.6 Å². The predicted molar refractivity (Wildman–Crippen MR) is 76.7 cm³/mol. The monoisotopic (exact) mass is 279 g/mol. The number of hydrogen-bond donors (Lipinski definition) is 1. The van der Waals surface area contributed by atoms with Gasteiger partial charge in [0.05, 0.1) is 30.2 Å². The molecule has 1 aromatic carbocycles. The van der Waals surface area contributed by atoms with Crippen molar-refractivity contribution >= 4 is 22.6 Å². The van der Waals surface area contributed by atoms with Crippen molar-refractivity contribution in [3.8, 4) is 0 Å². The first-order valence-electron chi connectivity index (χ1n) is 6.58. The maximum Gasteiger partial charge on any atom is 0.117 e. The summed E-state index contributed by atoms with van der Waals surface area (Å²) in [7, 11) is 0. The number of halogens is 1. The second kappa shape index (κ2) is 4.78. The van der Waals surface area contributed by atoms with Gasteiger partial charge in [0, 0.05) is 17.1 Å². The molecule has 2 N–H and O–H groups in total. The minimum Gasteiger partial charge on any atom is -0.379 e. The van der Waals surface area contributed by atoms with E-state index in [1.807, 2.05) is 18.2 Å². The molecule has 4 nitrogen and oxygen atoms in total. The number of ether oxygens (including phenoxy) is 1. The summed E-state index contributed by atoms with van der Waals surface area (Å²) in [5.41, 5.74) is 8.16. The molecule has 1 aliphatic rings. The summed E-state index contributed by atoms with van der Waals surface area (Å²) < 4.78 is 7.71. The van der Waals surface area contributed by atoms with Crippen LogP contribution in [0.1, 0.15) is 31.6 Å².